The molecule has 2 N–H and O–H groups in total. The Labute approximate surface area is 147 Å². The molecular weight excluding hydrogens is 330 g/mol. The van der Waals surface area contributed by atoms with E-state index in [4.69, 9.17) is 16.3 Å². The van der Waals surface area contributed by atoms with Gasteiger partial charge in [-0.15, -0.1) is 0 Å². The molecule has 1 fully saturated rings. The van der Waals surface area contributed by atoms with Gasteiger partial charge in [-0.1, -0.05) is 11.6 Å². The Bertz CT molecular complexity index is 594. The molecule has 0 bridgehead atoms. The molecule has 7 heteroatoms. The third-order valence-electron chi connectivity index (χ3n) is 4.11. The number of carbonyl (C=O) groups is 2. The van der Waals surface area contributed by atoms with Crippen molar-refractivity contribution in [3.63, 3.8) is 0 Å². The molecule has 1 saturated heterocycles. The summed E-state index contributed by atoms with van der Waals surface area (Å²) in [7, 11) is 3.38. The number of hydrogen-bond donors (Lipinski definition) is 2. The van der Waals surface area contributed by atoms with E-state index in [0.717, 1.165) is 19.4 Å². The van der Waals surface area contributed by atoms with Crippen LogP contribution in [0.4, 0.5) is 0 Å². The minimum atomic E-state index is -0.434. The highest BCUT2D eigenvalue weighted by Gasteiger charge is 2.35. The SMILES string of the molecule is CNCCCNC(=O)C1CCCN1C(=O)c1cc(Cl)ccc1OC. The summed E-state index contributed by atoms with van der Waals surface area (Å²) in [6, 6.07) is 4.49. The van der Waals surface area contributed by atoms with Crippen LogP contribution in [0.15, 0.2) is 18.2 Å². The summed E-state index contributed by atoms with van der Waals surface area (Å²) in [4.78, 5) is 26.9. The molecule has 132 valence electrons. The lowest BCUT2D eigenvalue weighted by Crippen LogP contribution is -2.46. The number of methoxy groups -OCH3 is 1. The van der Waals surface area contributed by atoms with Crippen LogP contribution >= 0.6 is 11.6 Å². The number of hydrogen-bond acceptors (Lipinski definition) is 4. The molecule has 6 nitrogen and oxygen atoms in total. The van der Waals surface area contributed by atoms with Gasteiger partial charge in [-0.2, -0.15) is 0 Å². The van der Waals surface area contributed by atoms with Crippen molar-refractivity contribution in [1.82, 2.24) is 15.5 Å². The zero-order valence-electron chi connectivity index (χ0n) is 14.1. The highest BCUT2D eigenvalue weighted by Crippen LogP contribution is 2.27. The van der Waals surface area contributed by atoms with Crippen LogP contribution in [0.25, 0.3) is 0 Å². The molecular formula is C17H24ClN3O3. The minimum absolute atomic E-state index is 0.0991. The summed E-state index contributed by atoms with van der Waals surface area (Å²) in [6.45, 7) is 2.00. The Balaban J connectivity index is 2.08. The molecule has 0 radical (unpaired) electrons. The largest absolute Gasteiger partial charge is 0.496 e. The van der Waals surface area contributed by atoms with Gasteiger partial charge < -0.3 is 20.3 Å². The number of benzene rings is 1. The lowest BCUT2D eigenvalue weighted by molar-refractivity contribution is -0.124. The normalized spacial score (nSPS) is 17.0. The number of amides is 2. The van der Waals surface area contributed by atoms with Crippen molar-refractivity contribution in [3.05, 3.63) is 28.8 Å². The molecule has 1 atom stereocenters. The van der Waals surface area contributed by atoms with Crippen LogP contribution in [0.2, 0.25) is 5.02 Å². The smallest absolute Gasteiger partial charge is 0.258 e. The summed E-state index contributed by atoms with van der Waals surface area (Å²) < 4.78 is 5.25. The van der Waals surface area contributed by atoms with Gasteiger partial charge in [0, 0.05) is 18.1 Å². The molecule has 0 spiro atoms. The van der Waals surface area contributed by atoms with Crippen LogP contribution in [0, 0.1) is 0 Å². The molecule has 1 aliphatic heterocycles. The van der Waals surface area contributed by atoms with Crippen molar-refractivity contribution in [2.45, 2.75) is 25.3 Å². The van der Waals surface area contributed by atoms with Crippen molar-refractivity contribution < 1.29 is 14.3 Å². The number of rotatable bonds is 7. The lowest BCUT2D eigenvalue weighted by Gasteiger charge is -2.25. The number of nitrogens with one attached hydrogen (secondary N) is 2. The fourth-order valence-corrected chi connectivity index (χ4v) is 3.05. The van der Waals surface area contributed by atoms with Gasteiger partial charge in [-0.3, -0.25) is 9.59 Å². The molecule has 24 heavy (non-hydrogen) atoms. The molecule has 1 aromatic rings. The van der Waals surface area contributed by atoms with E-state index in [1.54, 1.807) is 23.1 Å². The number of ether oxygens (including phenoxy) is 1. The molecule has 1 heterocycles. The highest BCUT2D eigenvalue weighted by molar-refractivity contribution is 6.31. The van der Waals surface area contributed by atoms with E-state index >= 15 is 0 Å². The van der Waals surface area contributed by atoms with E-state index < -0.39 is 6.04 Å². The fourth-order valence-electron chi connectivity index (χ4n) is 2.88. The number of carbonyl (C=O) groups excluding carboxylic acids is 2. The van der Waals surface area contributed by atoms with E-state index in [2.05, 4.69) is 10.6 Å². The van der Waals surface area contributed by atoms with E-state index in [9.17, 15) is 9.59 Å². The van der Waals surface area contributed by atoms with E-state index in [1.165, 1.54) is 7.11 Å². The van der Waals surface area contributed by atoms with Gasteiger partial charge in [0.2, 0.25) is 5.91 Å². The second kappa shape index (κ2) is 8.89. The summed E-state index contributed by atoms with van der Waals surface area (Å²) in [5.74, 6) is 0.143. The Morgan fingerprint density at radius 3 is 2.88 bits per heavy atom. The van der Waals surface area contributed by atoms with Crippen molar-refractivity contribution in [2.24, 2.45) is 0 Å². The molecule has 0 saturated carbocycles. The maximum absolute atomic E-state index is 12.9. The minimum Gasteiger partial charge on any atom is -0.496 e. The second-order valence-corrected chi connectivity index (χ2v) is 6.19. The third-order valence-corrected chi connectivity index (χ3v) is 4.35. The van der Waals surface area contributed by atoms with Crippen LogP contribution in [0.1, 0.15) is 29.6 Å². The van der Waals surface area contributed by atoms with Gasteiger partial charge in [0.1, 0.15) is 11.8 Å². The average Bonchev–Trinajstić information content (AvgIpc) is 3.07. The van der Waals surface area contributed by atoms with Gasteiger partial charge in [0.05, 0.1) is 12.7 Å². The Morgan fingerprint density at radius 2 is 2.17 bits per heavy atom. The molecule has 2 amide bonds. The molecule has 0 aromatic heterocycles. The number of likely N-dealkylation sites (tertiary alicyclic amines) is 1. The predicted octanol–water partition coefficient (Wildman–Crippen LogP) is 1.68. The summed E-state index contributed by atoms with van der Waals surface area (Å²) in [6.07, 6.45) is 2.33. The first-order valence-electron chi connectivity index (χ1n) is 8.15. The molecule has 1 aliphatic rings. The van der Waals surface area contributed by atoms with E-state index in [-0.39, 0.29) is 11.8 Å². The van der Waals surface area contributed by atoms with Crippen molar-refractivity contribution in [1.29, 1.82) is 0 Å². The Hall–Kier alpha value is -1.79. The van der Waals surface area contributed by atoms with Gasteiger partial charge in [-0.25, -0.2) is 0 Å². The number of nitrogens with zero attached hydrogens (tertiary/aromatic N) is 1. The van der Waals surface area contributed by atoms with Crippen molar-refractivity contribution in [3.8, 4) is 5.75 Å². The Morgan fingerprint density at radius 1 is 1.38 bits per heavy atom. The van der Waals surface area contributed by atoms with Gasteiger partial charge in [0.15, 0.2) is 0 Å². The Kier molecular flexibility index (Phi) is 6.87. The molecule has 1 unspecified atom stereocenters. The van der Waals surface area contributed by atoms with Crippen LogP contribution in [-0.2, 0) is 4.79 Å². The summed E-state index contributed by atoms with van der Waals surface area (Å²) >= 11 is 6.01. The van der Waals surface area contributed by atoms with E-state index in [0.29, 0.717) is 35.8 Å². The highest BCUT2D eigenvalue weighted by atomic mass is 35.5. The lowest BCUT2D eigenvalue weighted by atomic mass is 10.1. The van der Waals surface area contributed by atoms with Crippen LogP contribution < -0.4 is 15.4 Å². The first kappa shape index (κ1) is 18.5. The maximum Gasteiger partial charge on any atom is 0.258 e. The van der Waals surface area contributed by atoms with Crippen LogP contribution in [0.5, 0.6) is 5.75 Å². The fraction of sp³-hybridized carbons (Fsp3) is 0.529. The first-order chi connectivity index (χ1) is 11.6. The van der Waals surface area contributed by atoms with Crippen LogP contribution in [-0.4, -0.2) is 56.5 Å². The topological polar surface area (TPSA) is 70.7 Å². The van der Waals surface area contributed by atoms with Crippen molar-refractivity contribution in [2.75, 3.05) is 33.8 Å². The summed E-state index contributed by atoms with van der Waals surface area (Å²) in [5.41, 5.74) is 0.389. The molecule has 1 aromatic carbocycles. The average molecular weight is 354 g/mol. The quantitative estimate of drug-likeness (QED) is 0.732. The standard InChI is InChI=1S/C17H24ClN3O3/c1-19-8-4-9-20-16(22)14-5-3-10-21(14)17(23)13-11-12(18)6-7-15(13)24-2/h6-7,11,14,19H,3-5,8-10H2,1-2H3,(H,20,22). The second-order valence-electron chi connectivity index (χ2n) is 5.75. The zero-order valence-corrected chi connectivity index (χ0v) is 14.9. The number of halogens is 1. The summed E-state index contributed by atoms with van der Waals surface area (Å²) in [5, 5.41) is 6.41. The zero-order chi connectivity index (χ0) is 17.5. The van der Waals surface area contributed by atoms with Gasteiger partial charge >= 0.3 is 0 Å². The van der Waals surface area contributed by atoms with Gasteiger partial charge in [-0.05, 0) is 51.1 Å². The first-order valence-corrected chi connectivity index (χ1v) is 8.53. The predicted molar refractivity (Wildman–Crippen MR) is 93.6 cm³/mol. The monoisotopic (exact) mass is 353 g/mol. The van der Waals surface area contributed by atoms with Gasteiger partial charge in [0.25, 0.3) is 5.91 Å². The molecule has 0 aliphatic carbocycles. The van der Waals surface area contributed by atoms with E-state index in [1.807, 2.05) is 7.05 Å². The third kappa shape index (κ3) is 4.39. The molecule has 2 rings (SSSR count). The van der Waals surface area contributed by atoms with Crippen molar-refractivity contribution >= 4 is 23.4 Å². The maximum atomic E-state index is 12.9. The van der Waals surface area contributed by atoms with Crippen LogP contribution in [0.3, 0.4) is 0 Å².